The molecule has 0 radical (unpaired) electrons. The highest BCUT2D eigenvalue weighted by Gasteiger charge is 2.27. The fourth-order valence-electron chi connectivity index (χ4n) is 2.43. The van der Waals surface area contributed by atoms with Gasteiger partial charge in [0.05, 0.1) is 18.2 Å². The monoisotopic (exact) mass is 409 g/mol. The molecule has 0 saturated heterocycles. The van der Waals surface area contributed by atoms with Crippen LogP contribution in [0.5, 0.6) is 5.75 Å². The molecule has 3 nitrogen and oxygen atoms in total. The molecule has 1 aliphatic heterocycles. The summed E-state index contributed by atoms with van der Waals surface area (Å²) in [7, 11) is 0. The third-order valence-corrected chi connectivity index (χ3v) is 4.61. The summed E-state index contributed by atoms with van der Waals surface area (Å²) >= 11 is 6.86. The molecule has 1 amide bonds. The van der Waals surface area contributed by atoms with Crippen LogP contribution in [0.2, 0.25) is 0 Å². The lowest BCUT2D eigenvalue weighted by Gasteiger charge is -2.25. The van der Waals surface area contributed by atoms with Crippen molar-refractivity contribution >= 4 is 43.5 Å². The summed E-state index contributed by atoms with van der Waals surface area (Å²) in [6.45, 7) is 0.566. The quantitative estimate of drug-likeness (QED) is 0.777. The molecule has 1 heterocycles. The zero-order chi connectivity index (χ0) is 14.8. The van der Waals surface area contributed by atoms with E-state index in [2.05, 4.69) is 37.2 Å². The number of amides is 1. The highest BCUT2D eigenvalue weighted by atomic mass is 79.9. The smallest absolute Gasteiger partial charge is 0.232 e. The number of nitrogens with one attached hydrogen (secondary N) is 1. The maximum Gasteiger partial charge on any atom is 0.232 e. The first kappa shape index (κ1) is 14.6. The lowest BCUT2D eigenvalue weighted by Crippen LogP contribution is -2.26. The summed E-state index contributed by atoms with van der Waals surface area (Å²) < 4.78 is 7.41. The second kappa shape index (κ2) is 6.20. The molecule has 0 aromatic heterocycles. The van der Waals surface area contributed by atoms with E-state index in [1.54, 1.807) is 0 Å². The zero-order valence-corrected chi connectivity index (χ0v) is 14.3. The molecule has 2 aromatic carbocycles. The Balaban J connectivity index is 1.83. The van der Waals surface area contributed by atoms with Gasteiger partial charge in [0.2, 0.25) is 5.91 Å². The zero-order valence-electron chi connectivity index (χ0n) is 11.1. The summed E-state index contributed by atoms with van der Waals surface area (Å²) in [5.41, 5.74) is 1.72. The van der Waals surface area contributed by atoms with Crippen LogP contribution in [0.4, 0.5) is 5.69 Å². The summed E-state index contributed by atoms with van der Waals surface area (Å²) in [4.78, 5) is 12.6. The predicted octanol–water partition coefficient (Wildman–Crippen LogP) is 4.72. The van der Waals surface area contributed by atoms with E-state index < -0.39 is 0 Å². The first-order valence-electron chi connectivity index (χ1n) is 6.63. The van der Waals surface area contributed by atoms with E-state index >= 15 is 0 Å². The molecule has 0 aliphatic carbocycles. The van der Waals surface area contributed by atoms with Crippen molar-refractivity contribution in [2.45, 2.75) is 12.3 Å². The molecular formula is C16H13Br2NO2. The minimum Gasteiger partial charge on any atom is -0.493 e. The molecule has 21 heavy (non-hydrogen) atoms. The number of carbonyl (C=O) groups is 1. The van der Waals surface area contributed by atoms with E-state index in [9.17, 15) is 4.79 Å². The Morgan fingerprint density at radius 1 is 1.19 bits per heavy atom. The molecule has 0 spiro atoms. The summed E-state index contributed by atoms with van der Waals surface area (Å²) in [6.07, 6.45) is 0.691. The average Bonchev–Trinajstić information content (AvgIpc) is 2.49. The molecule has 1 N–H and O–H groups in total. The van der Waals surface area contributed by atoms with Crippen molar-refractivity contribution in [2.24, 2.45) is 0 Å². The van der Waals surface area contributed by atoms with Crippen LogP contribution in [0.25, 0.3) is 0 Å². The second-order valence-electron chi connectivity index (χ2n) is 4.84. The average molecular weight is 411 g/mol. The van der Waals surface area contributed by atoms with Crippen molar-refractivity contribution in [1.29, 1.82) is 0 Å². The van der Waals surface area contributed by atoms with Crippen LogP contribution >= 0.6 is 31.9 Å². The van der Waals surface area contributed by atoms with Gasteiger partial charge in [-0.15, -0.1) is 0 Å². The van der Waals surface area contributed by atoms with Gasteiger partial charge in [0.1, 0.15) is 5.75 Å². The Morgan fingerprint density at radius 3 is 2.81 bits per heavy atom. The fourth-order valence-corrected chi connectivity index (χ4v) is 3.57. The van der Waals surface area contributed by atoms with Crippen LogP contribution in [-0.2, 0) is 4.79 Å². The number of ether oxygens (including phenoxy) is 1. The minimum absolute atomic E-state index is 0.00577. The number of halogens is 2. The highest BCUT2D eigenvalue weighted by molar-refractivity contribution is 9.11. The van der Waals surface area contributed by atoms with Crippen molar-refractivity contribution in [3.05, 3.63) is 57.0 Å². The van der Waals surface area contributed by atoms with Crippen LogP contribution in [-0.4, -0.2) is 12.5 Å². The molecule has 0 fully saturated rings. The SMILES string of the molecule is O=C(Nc1ccc(Br)cc1Br)C1CCOc2ccccc21. The number of benzene rings is 2. The van der Waals surface area contributed by atoms with Crippen molar-refractivity contribution in [3.8, 4) is 5.75 Å². The topological polar surface area (TPSA) is 38.3 Å². The molecular weight excluding hydrogens is 398 g/mol. The Hall–Kier alpha value is -1.33. The van der Waals surface area contributed by atoms with E-state index in [4.69, 9.17) is 4.74 Å². The molecule has 1 atom stereocenters. The number of hydrogen-bond acceptors (Lipinski definition) is 2. The van der Waals surface area contributed by atoms with Gasteiger partial charge in [0.15, 0.2) is 0 Å². The molecule has 1 aliphatic rings. The van der Waals surface area contributed by atoms with Gasteiger partial charge >= 0.3 is 0 Å². The third kappa shape index (κ3) is 3.14. The van der Waals surface area contributed by atoms with Gasteiger partial charge < -0.3 is 10.1 Å². The number of rotatable bonds is 2. The number of fused-ring (bicyclic) bond motifs is 1. The Kier molecular flexibility index (Phi) is 4.31. The van der Waals surface area contributed by atoms with Crippen LogP contribution in [0.1, 0.15) is 17.9 Å². The van der Waals surface area contributed by atoms with Gasteiger partial charge in [0, 0.05) is 14.5 Å². The van der Waals surface area contributed by atoms with Crippen molar-refractivity contribution < 1.29 is 9.53 Å². The van der Waals surface area contributed by atoms with E-state index in [0.717, 1.165) is 25.9 Å². The lowest BCUT2D eigenvalue weighted by atomic mass is 9.92. The number of anilines is 1. The standard InChI is InChI=1S/C16H13Br2NO2/c17-10-5-6-14(13(18)9-10)19-16(20)12-7-8-21-15-4-2-1-3-11(12)15/h1-6,9,12H,7-8H2,(H,19,20). The Labute approximate surface area is 140 Å². The van der Waals surface area contributed by atoms with Crippen LogP contribution in [0.15, 0.2) is 51.4 Å². The summed E-state index contributed by atoms with van der Waals surface area (Å²) in [6, 6.07) is 13.4. The van der Waals surface area contributed by atoms with E-state index in [-0.39, 0.29) is 11.8 Å². The van der Waals surface area contributed by atoms with Gasteiger partial charge in [0.25, 0.3) is 0 Å². The van der Waals surface area contributed by atoms with Crippen LogP contribution in [0, 0.1) is 0 Å². The maximum atomic E-state index is 12.6. The van der Waals surface area contributed by atoms with Crippen molar-refractivity contribution in [2.75, 3.05) is 11.9 Å². The molecule has 108 valence electrons. The number of hydrogen-bond donors (Lipinski definition) is 1. The van der Waals surface area contributed by atoms with Gasteiger partial charge in [-0.1, -0.05) is 34.1 Å². The van der Waals surface area contributed by atoms with E-state index in [0.29, 0.717) is 13.0 Å². The molecule has 3 rings (SSSR count). The van der Waals surface area contributed by atoms with Crippen molar-refractivity contribution in [1.82, 2.24) is 0 Å². The molecule has 1 unspecified atom stereocenters. The maximum absolute atomic E-state index is 12.6. The van der Waals surface area contributed by atoms with E-state index in [1.165, 1.54) is 0 Å². The minimum atomic E-state index is -0.175. The second-order valence-corrected chi connectivity index (χ2v) is 6.61. The first-order chi connectivity index (χ1) is 10.1. The van der Waals surface area contributed by atoms with Crippen molar-refractivity contribution in [3.63, 3.8) is 0 Å². The Morgan fingerprint density at radius 2 is 2.00 bits per heavy atom. The third-order valence-electron chi connectivity index (χ3n) is 3.46. The summed E-state index contributed by atoms with van der Waals surface area (Å²) in [5, 5.41) is 2.99. The van der Waals surface area contributed by atoms with Gasteiger partial charge in [-0.05, 0) is 46.6 Å². The summed E-state index contributed by atoms with van der Waals surface area (Å²) in [5.74, 6) is 0.623. The molecule has 0 bridgehead atoms. The van der Waals surface area contributed by atoms with Gasteiger partial charge in [-0.2, -0.15) is 0 Å². The largest absolute Gasteiger partial charge is 0.493 e. The van der Waals surface area contributed by atoms with Crippen LogP contribution in [0.3, 0.4) is 0 Å². The van der Waals surface area contributed by atoms with Gasteiger partial charge in [-0.3, -0.25) is 4.79 Å². The lowest BCUT2D eigenvalue weighted by molar-refractivity contribution is -0.118. The van der Waals surface area contributed by atoms with Gasteiger partial charge in [-0.25, -0.2) is 0 Å². The predicted molar refractivity (Wildman–Crippen MR) is 89.8 cm³/mol. The molecule has 2 aromatic rings. The number of para-hydroxylation sites is 1. The Bertz CT molecular complexity index is 688. The normalized spacial score (nSPS) is 16.8. The molecule has 0 saturated carbocycles. The van der Waals surface area contributed by atoms with Crippen LogP contribution < -0.4 is 10.1 Å². The fraction of sp³-hybridized carbons (Fsp3) is 0.188. The first-order valence-corrected chi connectivity index (χ1v) is 8.21. The number of carbonyl (C=O) groups excluding carboxylic acids is 1. The molecule has 5 heteroatoms. The van der Waals surface area contributed by atoms with E-state index in [1.807, 2.05) is 42.5 Å². The highest BCUT2D eigenvalue weighted by Crippen LogP contribution is 2.35.